The van der Waals surface area contributed by atoms with Gasteiger partial charge in [0.2, 0.25) is 0 Å². The van der Waals surface area contributed by atoms with E-state index < -0.39 is 6.61 Å². The van der Waals surface area contributed by atoms with E-state index in [-0.39, 0.29) is 11.6 Å². The number of alkyl halides is 2. The fourth-order valence-electron chi connectivity index (χ4n) is 5.41. The highest BCUT2D eigenvalue weighted by atomic mass is 19.3. The van der Waals surface area contributed by atoms with E-state index in [1.807, 2.05) is 0 Å². The Hall–Kier alpha value is -2.55. The van der Waals surface area contributed by atoms with Crippen LogP contribution in [-0.2, 0) is 0 Å². The van der Waals surface area contributed by atoms with Gasteiger partial charge >= 0.3 is 6.61 Å². The third-order valence-electron chi connectivity index (χ3n) is 7.31. The summed E-state index contributed by atoms with van der Waals surface area (Å²) in [4.78, 5) is 14.0. The van der Waals surface area contributed by atoms with Crippen LogP contribution in [0.1, 0.15) is 31.2 Å². The van der Waals surface area contributed by atoms with Gasteiger partial charge in [0.05, 0.1) is 17.4 Å². The first kappa shape index (κ1) is 19.2. The Labute approximate surface area is 180 Å². The summed E-state index contributed by atoms with van der Waals surface area (Å²) in [6, 6.07) is 2.03. The van der Waals surface area contributed by atoms with Gasteiger partial charge in [0.1, 0.15) is 6.17 Å². The first-order valence-electron chi connectivity index (χ1n) is 11.2. The van der Waals surface area contributed by atoms with Gasteiger partial charge in [0.25, 0.3) is 0 Å². The van der Waals surface area contributed by atoms with Gasteiger partial charge in [-0.1, -0.05) is 12.8 Å². The fraction of sp³-hybridized carbons (Fsp3) is 0.591. The van der Waals surface area contributed by atoms with Crippen molar-refractivity contribution in [3.8, 4) is 5.75 Å². The van der Waals surface area contributed by atoms with Crippen molar-refractivity contribution in [2.45, 2.75) is 44.5 Å². The van der Waals surface area contributed by atoms with Crippen LogP contribution in [0.4, 0.5) is 14.6 Å². The average molecular weight is 431 g/mol. The number of hydrogen-bond acceptors (Lipinski definition) is 7. The summed E-state index contributed by atoms with van der Waals surface area (Å²) in [6.45, 7) is 1.34. The van der Waals surface area contributed by atoms with Crippen molar-refractivity contribution in [2.75, 3.05) is 39.0 Å². The molecular weight excluding hydrogens is 402 g/mol. The van der Waals surface area contributed by atoms with Crippen molar-refractivity contribution in [1.29, 1.82) is 0 Å². The Morgan fingerprint density at radius 3 is 2.71 bits per heavy atom. The molecule has 2 saturated heterocycles. The molecule has 1 aromatic heterocycles. The lowest BCUT2D eigenvalue weighted by Crippen LogP contribution is -2.49. The lowest BCUT2D eigenvalue weighted by molar-refractivity contribution is -0.0495. The summed E-state index contributed by atoms with van der Waals surface area (Å²) < 4.78 is 30.3. The number of rotatable bonds is 6. The predicted molar refractivity (Wildman–Crippen MR) is 113 cm³/mol. The third-order valence-corrected chi connectivity index (χ3v) is 7.31. The maximum atomic E-state index is 12.8. The van der Waals surface area contributed by atoms with Crippen LogP contribution in [-0.4, -0.2) is 76.6 Å². The minimum absolute atomic E-state index is 0.0171. The predicted octanol–water partition coefficient (Wildman–Crippen LogP) is 2.55. The molecule has 2 bridgehead atoms. The van der Waals surface area contributed by atoms with Gasteiger partial charge in [-0.05, 0) is 25.5 Å². The average Bonchev–Trinajstić information content (AvgIpc) is 3.43. The first-order valence-corrected chi connectivity index (χ1v) is 11.2. The summed E-state index contributed by atoms with van der Waals surface area (Å²) in [7, 11) is 2.17. The van der Waals surface area contributed by atoms with Crippen LogP contribution in [0, 0.1) is 5.92 Å². The molecule has 0 amide bonds. The summed E-state index contributed by atoms with van der Waals surface area (Å²) >= 11 is 0. The highest BCUT2D eigenvalue weighted by Gasteiger charge is 2.55. The summed E-state index contributed by atoms with van der Waals surface area (Å²) in [6.07, 6.45) is 8.99. The number of aromatic nitrogens is 1. The molecule has 9 heteroatoms. The smallest absolute Gasteiger partial charge is 0.387 e. The van der Waals surface area contributed by atoms with Crippen molar-refractivity contribution in [3.63, 3.8) is 0 Å². The van der Waals surface area contributed by atoms with Crippen LogP contribution in [0.2, 0.25) is 0 Å². The maximum Gasteiger partial charge on any atom is 0.387 e. The number of nitrogen functional groups attached to an aromatic ring is 1. The second kappa shape index (κ2) is 6.98. The van der Waals surface area contributed by atoms with E-state index in [0.29, 0.717) is 12.2 Å². The zero-order valence-electron chi connectivity index (χ0n) is 17.7. The van der Waals surface area contributed by atoms with Gasteiger partial charge < -0.3 is 30.1 Å². The molecule has 166 valence electrons. The van der Waals surface area contributed by atoms with Crippen LogP contribution in [0.15, 0.2) is 29.9 Å². The Bertz CT molecular complexity index is 953. The zero-order chi connectivity index (χ0) is 21.3. The molecule has 0 aromatic carbocycles. The van der Waals surface area contributed by atoms with Crippen molar-refractivity contribution >= 4 is 11.5 Å². The van der Waals surface area contributed by atoms with Crippen LogP contribution in [0.25, 0.3) is 5.70 Å². The number of likely N-dealkylation sites (N-methyl/N-ethyl adjacent to an activating group) is 1. The highest BCUT2D eigenvalue weighted by molar-refractivity contribution is 5.73. The highest BCUT2D eigenvalue weighted by Crippen LogP contribution is 2.55. The SMILES string of the molecule is CN1CCN(C2=C3C(C2)N2C=C(c4cnc(N)c(OC(F)F)c4)N3C2CC2CC2)CC1. The topological polar surface area (TPSA) is 61.1 Å². The third kappa shape index (κ3) is 3.12. The van der Waals surface area contributed by atoms with Gasteiger partial charge in [-0.15, -0.1) is 0 Å². The molecule has 3 fully saturated rings. The van der Waals surface area contributed by atoms with Crippen LogP contribution < -0.4 is 10.5 Å². The number of anilines is 1. The lowest BCUT2D eigenvalue weighted by Gasteiger charge is -2.45. The molecule has 5 aliphatic rings. The Morgan fingerprint density at radius 2 is 2.00 bits per heavy atom. The molecule has 0 spiro atoms. The number of ether oxygens (including phenoxy) is 1. The molecule has 1 aromatic rings. The minimum Gasteiger partial charge on any atom is -0.431 e. The van der Waals surface area contributed by atoms with Crippen molar-refractivity contribution in [1.82, 2.24) is 24.6 Å². The van der Waals surface area contributed by atoms with Gasteiger partial charge in [0, 0.05) is 56.3 Å². The zero-order valence-corrected chi connectivity index (χ0v) is 17.7. The van der Waals surface area contributed by atoms with Crippen molar-refractivity contribution < 1.29 is 13.5 Å². The molecule has 31 heavy (non-hydrogen) atoms. The van der Waals surface area contributed by atoms with E-state index in [1.165, 1.54) is 24.2 Å². The monoisotopic (exact) mass is 430 g/mol. The van der Waals surface area contributed by atoms with Gasteiger partial charge in [-0.3, -0.25) is 0 Å². The first-order chi connectivity index (χ1) is 15.0. The van der Waals surface area contributed by atoms with Crippen LogP contribution in [0.3, 0.4) is 0 Å². The Kier molecular flexibility index (Phi) is 4.31. The van der Waals surface area contributed by atoms with Crippen molar-refractivity contribution in [3.05, 3.63) is 35.4 Å². The molecular formula is C22H28F2N6O. The van der Waals surface area contributed by atoms with Gasteiger partial charge in [-0.2, -0.15) is 8.78 Å². The van der Waals surface area contributed by atoms with E-state index in [0.717, 1.165) is 56.2 Å². The second-order valence-electron chi connectivity index (χ2n) is 9.32. The second-order valence-corrected chi connectivity index (χ2v) is 9.32. The summed E-state index contributed by atoms with van der Waals surface area (Å²) in [5.41, 5.74) is 10.4. The molecule has 1 saturated carbocycles. The number of halogens is 2. The van der Waals surface area contributed by atoms with Gasteiger partial charge in [-0.25, -0.2) is 4.98 Å². The van der Waals surface area contributed by atoms with E-state index in [9.17, 15) is 8.78 Å². The largest absolute Gasteiger partial charge is 0.431 e. The molecule has 2 unspecified atom stereocenters. The fourth-order valence-corrected chi connectivity index (χ4v) is 5.41. The van der Waals surface area contributed by atoms with Crippen molar-refractivity contribution in [2.24, 2.45) is 5.92 Å². The van der Waals surface area contributed by atoms with E-state index in [1.54, 1.807) is 12.3 Å². The molecule has 4 heterocycles. The standard InChI is InChI=1S/C22H28F2N6O/c1-27-4-6-28(7-5-27)15-10-16-20(15)30-17(12-29(16)19(30)8-13-2-3-13)14-9-18(31-22(23)24)21(25)26-11-14/h9,11-13,16,19,22H,2-8,10H2,1H3,(H2,25,26). The maximum absolute atomic E-state index is 12.8. The molecule has 6 rings (SSSR count). The quantitative estimate of drug-likeness (QED) is 0.744. The van der Waals surface area contributed by atoms with Crippen LogP contribution >= 0.6 is 0 Å². The lowest BCUT2D eigenvalue weighted by atomic mass is 9.90. The normalized spacial score (nSPS) is 27.7. The molecule has 7 nitrogen and oxygen atoms in total. The molecule has 0 radical (unpaired) electrons. The molecule has 2 atom stereocenters. The van der Waals surface area contributed by atoms with Crippen LogP contribution in [0.5, 0.6) is 5.75 Å². The Morgan fingerprint density at radius 1 is 1.23 bits per heavy atom. The number of pyridine rings is 1. The van der Waals surface area contributed by atoms with Gasteiger partial charge in [0.15, 0.2) is 11.6 Å². The van der Waals surface area contributed by atoms with E-state index in [4.69, 9.17) is 5.73 Å². The number of hydrogen-bond donors (Lipinski definition) is 1. The summed E-state index contributed by atoms with van der Waals surface area (Å²) in [5, 5.41) is 0. The number of piperazine rings is 1. The number of nitrogens with two attached hydrogens (primary N) is 1. The number of nitrogens with zero attached hydrogens (tertiary/aromatic N) is 5. The summed E-state index contributed by atoms with van der Waals surface area (Å²) in [5.74, 6) is 0.705. The number of fused-ring (bicyclic) bond motifs is 5. The Balaban J connectivity index is 1.34. The molecule has 2 N–H and O–H groups in total. The minimum atomic E-state index is -2.93. The molecule has 3 aliphatic heterocycles. The van der Waals surface area contributed by atoms with E-state index in [2.05, 4.69) is 42.6 Å². The molecule has 2 aliphatic carbocycles. The van der Waals surface area contributed by atoms with E-state index >= 15 is 0 Å².